The summed E-state index contributed by atoms with van der Waals surface area (Å²) in [5.74, 6) is 1.04. The molecule has 0 fully saturated rings. The number of halogens is 1. The molecule has 0 amide bonds. The van der Waals surface area contributed by atoms with E-state index in [1.54, 1.807) is 0 Å². The van der Waals surface area contributed by atoms with Crippen LogP contribution in [-0.4, -0.2) is 6.61 Å². The Balaban J connectivity index is 1.82. The van der Waals surface area contributed by atoms with Crippen molar-refractivity contribution in [2.75, 3.05) is 6.61 Å². The Morgan fingerprint density at radius 3 is 2.71 bits per heavy atom. The van der Waals surface area contributed by atoms with Crippen LogP contribution in [-0.2, 0) is 19.3 Å². The minimum absolute atomic E-state index is 0.00138. The minimum atomic E-state index is -0.00138. The number of aryl methyl sites for hydroxylation is 1. The molecule has 0 spiro atoms. The third-order valence-corrected chi connectivity index (χ3v) is 4.54. The Labute approximate surface area is 134 Å². The second-order valence-corrected chi connectivity index (χ2v) is 6.47. The van der Waals surface area contributed by atoms with Gasteiger partial charge in [0.15, 0.2) is 0 Å². The molecule has 1 aliphatic heterocycles. The van der Waals surface area contributed by atoms with E-state index in [1.807, 2.05) is 0 Å². The molecule has 0 saturated heterocycles. The molecule has 2 nitrogen and oxygen atoms in total. The van der Waals surface area contributed by atoms with Gasteiger partial charge in [-0.1, -0.05) is 47.1 Å². The highest BCUT2D eigenvalue weighted by molar-refractivity contribution is 9.10. The molecule has 1 atom stereocenters. The molecule has 0 saturated carbocycles. The number of hydrogen-bond donors (Lipinski definition) is 1. The van der Waals surface area contributed by atoms with E-state index in [-0.39, 0.29) is 6.04 Å². The highest BCUT2D eigenvalue weighted by atomic mass is 79.9. The van der Waals surface area contributed by atoms with Crippen molar-refractivity contribution < 1.29 is 4.74 Å². The average molecular weight is 346 g/mol. The first-order valence-corrected chi connectivity index (χ1v) is 8.25. The molecule has 2 aromatic rings. The zero-order valence-corrected chi connectivity index (χ0v) is 13.8. The summed E-state index contributed by atoms with van der Waals surface area (Å²) in [6.07, 6.45) is 2.85. The van der Waals surface area contributed by atoms with Gasteiger partial charge in [-0.05, 0) is 47.2 Å². The van der Waals surface area contributed by atoms with Crippen molar-refractivity contribution in [1.82, 2.24) is 0 Å². The topological polar surface area (TPSA) is 35.2 Å². The summed E-state index contributed by atoms with van der Waals surface area (Å²) in [5, 5.41) is 0. The number of ether oxygens (including phenoxy) is 1. The Morgan fingerprint density at radius 2 is 2.00 bits per heavy atom. The second-order valence-electron chi connectivity index (χ2n) is 5.56. The number of nitrogens with two attached hydrogens (primary N) is 1. The Kier molecular flexibility index (Phi) is 4.32. The van der Waals surface area contributed by atoms with Gasteiger partial charge in [0, 0.05) is 16.9 Å². The predicted octanol–water partition coefficient (Wildman–Crippen LogP) is 4.19. The van der Waals surface area contributed by atoms with E-state index >= 15 is 0 Å². The molecule has 1 aliphatic rings. The molecule has 1 heterocycles. The fraction of sp³-hybridized carbons (Fsp3) is 0.333. The molecule has 0 aliphatic carbocycles. The van der Waals surface area contributed by atoms with Gasteiger partial charge in [-0.15, -0.1) is 0 Å². The molecule has 1 unspecified atom stereocenters. The quantitative estimate of drug-likeness (QED) is 0.901. The molecular weight excluding hydrogens is 326 g/mol. The lowest BCUT2D eigenvalue weighted by atomic mass is 9.96. The van der Waals surface area contributed by atoms with E-state index in [0.717, 1.165) is 36.1 Å². The van der Waals surface area contributed by atoms with Gasteiger partial charge in [0.2, 0.25) is 0 Å². The minimum Gasteiger partial charge on any atom is -0.493 e. The SMILES string of the molecule is CCc1ccc(C(N)Cc2cc(Br)cc3c2OCC3)cc1. The molecular formula is C18H20BrNO. The molecule has 0 radical (unpaired) electrons. The number of benzene rings is 2. The van der Waals surface area contributed by atoms with Gasteiger partial charge in [0.1, 0.15) is 5.75 Å². The van der Waals surface area contributed by atoms with Crippen molar-refractivity contribution in [3.63, 3.8) is 0 Å². The van der Waals surface area contributed by atoms with E-state index in [1.165, 1.54) is 22.3 Å². The molecule has 110 valence electrons. The lowest BCUT2D eigenvalue weighted by Gasteiger charge is -2.15. The fourth-order valence-corrected chi connectivity index (χ4v) is 3.41. The van der Waals surface area contributed by atoms with Gasteiger partial charge >= 0.3 is 0 Å². The zero-order chi connectivity index (χ0) is 14.8. The number of rotatable bonds is 4. The lowest BCUT2D eigenvalue weighted by molar-refractivity contribution is 0.352. The van der Waals surface area contributed by atoms with E-state index in [2.05, 4.69) is 59.3 Å². The highest BCUT2D eigenvalue weighted by Gasteiger charge is 2.19. The summed E-state index contributed by atoms with van der Waals surface area (Å²) in [7, 11) is 0. The lowest BCUT2D eigenvalue weighted by Crippen LogP contribution is -2.14. The zero-order valence-electron chi connectivity index (χ0n) is 12.2. The third-order valence-electron chi connectivity index (χ3n) is 4.08. The van der Waals surface area contributed by atoms with Crippen LogP contribution in [0.1, 0.15) is 35.2 Å². The van der Waals surface area contributed by atoms with Gasteiger partial charge < -0.3 is 10.5 Å². The smallest absolute Gasteiger partial charge is 0.125 e. The van der Waals surface area contributed by atoms with E-state index in [0.29, 0.717) is 0 Å². The maximum Gasteiger partial charge on any atom is 0.125 e. The Bertz CT molecular complexity index is 636. The second kappa shape index (κ2) is 6.20. The average Bonchev–Trinajstić information content (AvgIpc) is 2.95. The van der Waals surface area contributed by atoms with Crippen molar-refractivity contribution >= 4 is 15.9 Å². The first kappa shape index (κ1) is 14.6. The third kappa shape index (κ3) is 3.14. The summed E-state index contributed by atoms with van der Waals surface area (Å²) in [6, 6.07) is 12.9. The molecule has 0 bridgehead atoms. The Hall–Kier alpha value is -1.32. The van der Waals surface area contributed by atoms with Crippen LogP contribution in [0.4, 0.5) is 0 Å². The van der Waals surface area contributed by atoms with Gasteiger partial charge in [0.25, 0.3) is 0 Å². The molecule has 3 heteroatoms. The van der Waals surface area contributed by atoms with Crippen molar-refractivity contribution in [1.29, 1.82) is 0 Å². The van der Waals surface area contributed by atoms with Crippen molar-refractivity contribution in [2.45, 2.75) is 32.2 Å². The van der Waals surface area contributed by atoms with Crippen LogP contribution in [0.15, 0.2) is 40.9 Å². The summed E-state index contributed by atoms with van der Waals surface area (Å²) >= 11 is 3.58. The maximum atomic E-state index is 6.39. The number of fused-ring (bicyclic) bond motifs is 1. The van der Waals surface area contributed by atoms with Crippen LogP contribution in [0.2, 0.25) is 0 Å². The fourth-order valence-electron chi connectivity index (χ4n) is 2.85. The molecule has 21 heavy (non-hydrogen) atoms. The molecule has 3 rings (SSSR count). The Morgan fingerprint density at radius 1 is 1.24 bits per heavy atom. The van der Waals surface area contributed by atoms with Crippen molar-refractivity contribution in [2.24, 2.45) is 5.73 Å². The van der Waals surface area contributed by atoms with Gasteiger partial charge in [-0.3, -0.25) is 0 Å². The maximum absolute atomic E-state index is 6.39. The number of hydrogen-bond acceptors (Lipinski definition) is 2. The van der Waals surface area contributed by atoms with Crippen LogP contribution in [0.3, 0.4) is 0 Å². The van der Waals surface area contributed by atoms with E-state index < -0.39 is 0 Å². The molecule has 2 N–H and O–H groups in total. The summed E-state index contributed by atoms with van der Waals surface area (Å²) in [4.78, 5) is 0. The van der Waals surface area contributed by atoms with Gasteiger partial charge in [-0.25, -0.2) is 0 Å². The standard InChI is InChI=1S/C18H20BrNO/c1-2-12-3-5-13(6-4-12)17(20)11-15-10-16(19)9-14-7-8-21-18(14)15/h3-6,9-10,17H,2,7-8,11,20H2,1H3. The summed E-state index contributed by atoms with van der Waals surface area (Å²) < 4.78 is 6.89. The monoisotopic (exact) mass is 345 g/mol. The summed E-state index contributed by atoms with van der Waals surface area (Å²) in [6.45, 7) is 2.94. The molecule has 2 aromatic carbocycles. The van der Waals surface area contributed by atoms with Crippen LogP contribution in [0, 0.1) is 0 Å². The largest absolute Gasteiger partial charge is 0.493 e. The van der Waals surface area contributed by atoms with Gasteiger partial charge in [-0.2, -0.15) is 0 Å². The van der Waals surface area contributed by atoms with E-state index in [4.69, 9.17) is 10.5 Å². The first-order chi connectivity index (χ1) is 10.2. The van der Waals surface area contributed by atoms with Crippen molar-refractivity contribution in [3.8, 4) is 5.75 Å². The van der Waals surface area contributed by atoms with Gasteiger partial charge in [0.05, 0.1) is 6.61 Å². The van der Waals surface area contributed by atoms with Crippen molar-refractivity contribution in [3.05, 3.63) is 63.1 Å². The summed E-state index contributed by atoms with van der Waals surface area (Å²) in [5.41, 5.74) is 11.4. The van der Waals surface area contributed by atoms with Crippen LogP contribution in [0.5, 0.6) is 5.75 Å². The first-order valence-electron chi connectivity index (χ1n) is 7.46. The van der Waals surface area contributed by atoms with Crippen LogP contribution >= 0.6 is 15.9 Å². The van der Waals surface area contributed by atoms with Crippen LogP contribution < -0.4 is 10.5 Å². The van der Waals surface area contributed by atoms with E-state index in [9.17, 15) is 0 Å². The molecule has 0 aromatic heterocycles. The highest BCUT2D eigenvalue weighted by Crippen LogP contribution is 2.35. The van der Waals surface area contributed by atoms with Crippen LogP contribution in [0.25, 0.3) is 0 Å². The predicted molar refractivity (Wildman–Crippen MR) is 89.8 cm³/mol. The normalized spacial score (nSPS) is 14.6.